The van der Waals surface area contributed by atoms with Crippen molar-refractivity contribution in [2.24, 2.45) is 17.3 Å². The van der Waals surface area contributed by atoms with Crippen LogP contribution in [0.25, 0.3) is 0 Å². The maximum atomic E-state index is 10.9. The van der Waals surface area contributed by atoms with Crippen LogP contribution < -0.4 is 0 Å². The summed E-state index contributed by atoms with van der Waals surface area (Å²) in [5.41, 5.74) is 2.75. The fourth-order valence-corrected chi connectivity index (χ4v) is 4.67. The maximum absolute atomic E-state index is 10.9. The molecule has 0 unspecified atom stereocenters. The van der Waals surface area contributed by atoms with E-state index in [9.17, 15) is 5.11 Å². The van der Waals surface area contributed by atoms with Crippen molar-refractivity contribution in [1.29, 1.82) is 0 Å². The molecular formula is C20H34O. The molecule has 0 amide bonds. The fourth-order valence-electron chi connectivity index (χ4n) is 4.67. The zero-order valence-corrected chi connectivity index (χ0v) is 14.7. The summed E-state index contributed by atoms with van der Waals surface area (Å²) in [5, 5.41) is 10.9. The summed E-state index contributed by atoms with van der Waals surface area (Å²) in [4.78, 5) is 0. The molecule has 2 aliphatic carbocycles. The van der Waals surface area contributed by atoms with Gasteiger partial charge in [-0.15, -0.1) is 0 Å². The molecule has 21 heavy (non-hydrogen) atoms. The molecule has 1 fully saturated rings. The third-order valence-electron chi connectivity index (χ3n) is 6.31. The van der Waals surface area contributed by atoms with Gasteiger partial charge in [-0.25, -0.2) is 0 Å². The Morgan fingerprint density at radius 2 is 1.67 bits per heavy atom. The first kappa shape index (κ1) is 16.8. The molecule has 2 aliphatic rings. The molecule has 1 heteroatoms. The minimum atomic E-state index is -0.497. The van der Waals surface area contributed by atoms with Gasteiger partial charge in [-0.2, -0.15) is 0 Å². The van der Waals surface area contributed by atoms with Gasteiger partial charge in [0.25, 0.3) is 0 Å². The second-order valence-corrected chi connectivity index (χ2v) is 8.38. The smallest absolute Gasteiger partial charge is 0.0653 e. The van der Waals surface area contributed by atoms with E-state index in [-0.39, 0.29) is 5.41 Å². The molecule has 1 saturated carbocycles. The highest BCUT2D eigenvalue weighted by Crippen LogP contribution is 2.53. The highest BCUT2D eigenvalue weighted by Gasteiger charge is 2.49. The normalized spacial score (nSPS) is 42.8. The molecule has 0 saturated heterocycles. The Labute approximate surface area is 131 Å². The van der Waals surface area contributed by atoms with E-state index < -0.39 is 5.60 Å². The van der Waals surface area contributed by atoms with Crippen LogP contribution in [0.3, 0.4) is 0 Å². The van der Waals surface area contributed by atoms with Crippen molar-refractivity contribution in [2.75, 3.05) is 0 Å². The van der Waals surface area contributed by atoms with Crippen LogP contribution in [0.2, 0.25) is 0 Å². The number of allylic oxidation sites excluding steroid dienone is 4. The number of hydrogen-bond acceptors (Lipinski definition) is 1. The van der Waals surface area contributed by atoms with Crippen LogP contribution in [0, 0.1) is 17.3 Å². The largest absolute Gasteiger partial charge is 0.390 e. The highest BCUT2D eigenvalue weighted by atomic mass is 16.3. The summed E-state index contributed by atoms with van der Waals surface area (Å²) in [5.74, 6) is 1.11. The molecule has 0 aromatic heterocycles. The van der Waals surface area contributed by atoms with Gasteiger partial charge in [0.05, 0.1) is 5.60 Å². The van der Waals surface area contributed by atoms with Crippen molar-refractivity contribution in [1.82, 2.24) is 0 Å². The number of hydrogen-bond donors (Lipinski definition) is 1. The molecule has 0 radical (unpaired) electrons. The average Bonchev–Trinajstić information content (AvgIpc) is 2.35. The standard InChI is InChI=1S/C20H34O/c1-15-7-6-8-16(2)10-12-18-19(3,4)17(11-9-15)13-14-20(18,5)21/h8-9,17-18,21H,6-7,10-14H2,1-5H3/b15-9+,16-8+/t17-,18+,20-/m0/s1. The Morgan fingerprint density at radius 3 is 2.38 bits per heavy atom. The van der Waals surface area contributed by atoms with Crippen LogP contribution in [-0.4, -0.2) is 10.7 Å². The minimum absolute atomic E-state index is 0.220. The van der Waals surface area contributed by atoms with Crippen molar-refractivity contribution < 1.29 is 5.11 Å². The highest BCUT2D eigenvalue weighted by molar-refractivity contribution is 5.09. The average molecular weight is 290 g/mol. The molecule has 3 atom stereocenters. The summed E-state index contributed by atoms with van der Waals surface area (Å²) in [6.07, 6.45) is 12.8. The topological polar surface area (TPSA) is 20.2 Å². The van der Waals surface area contributed by atoms with Crippen molar-refractivity contribution >= 4 is 0 Å². The summed E-state index contributed by atoms with van der Waals surface area (Å²) < 4.78 is 0. The number of fused-ring (bicyclic) bond motifs is 2. The minimum Gasteiger partial charge on any atom is -0.390 e. The zero-order chi connectivity index (χ0) is 15.7. The van der Waals surface area contributed by atoms with Gasteiger partial charge in [0.2, 0.25) is 0 Å². The zero-order valence-electron chi connectivity index (χ0n) is 14.7. The molecule has 1 N–H and O–H groups in total. The van der Waals surface area contributed by atoms with Crippen LogP contribution >= 0.6 is 0 Å². The molecule has 2 bridgehead atoms. The Bertz CT molecular complexity index is 425. The number of rotatable bonds is 0. The maximum Gasteiger partial charge on any atom is 0.0653 e. The van der Waals surface area contributed by atoms with E-state index in [1.807, 2.05) is 0 Å². The van der Waals surface area contributed by atoms with Crippen molar-refractivity contribution in [3.05, 3.63) is 23.3 Å². The summed E-state index contributed by atoms with van der Waals surface area (Å²) in [6, 6.07) is 0. The summed E-state index contributed by atoms with van der Waals surface area (Å²) in [6.45, 7) is 11.4. The van der Waals surface area contributed by atoms with Crippen molar-refractivity contribution in [3.63, 3.8) is 0 Å². The second-order valence-electron chi connectivity index (χ2n) is 8.38. The lowest BCUT2D eigenvalue weighted by molar-refractivity contribution is -0.118. The van der Waals surface area contributed by atoms with E-state index in [0.717, 1.165) is 25.7 Å². The lowest BCUT2D eigenvalue weighted by Crippen LogP contribution is -2.51. The molecule has 120 valence electrons. The van der Waals surface area contributed by atoms with Gasteiger partial charge >= 0.3 is 0 Å². The quantitative estimate of drug-likeness (QED) is 0.572. The molecule has 0 aromatic carbocycles. The van der Waals surface area contributed by atoms with Crippen LogP contribution in [-0.2, 0) is 0 Å². The molecule has 0 aromatic rings. The van der Waals surface area contributed by atoms with Crippen LogP contribution in [0.15, 0.2) is 23.3 Å². The summed E-state index contributed by atoms with van der Waals surface area (Å²) >= 11 is 0. The molecule has 0 heterocycles. The second kappa shape index (κ2) is 6.28. The van der Waals surface area contributed by atoms with Gasteiger partial charge in [0, 0.05) is 0 Å². The van der Waals surface area contributed by atoms with E-state index >= 15 is 0 Å². The Hall–Kier alpha value is -0.560. The van der Waals surface area contributed by atoms with E-state index in [0.29, 0.717) is 11.8 Å². The van der Waals surface area contributed by atoms with Gasteiger partial charge < -0.3 is 5.11 Å². The van der Waals surface area contributed by atoms with Gasteiger partial charge in [0.1, 0.15) is 0 Å². The molecule has 2 rings (SSSR count). The van der Waals surface area contributed by atoms with Crippen LogP contribution in [0.1, 0.15) is 79.6 Å². The summed E-state index contributed by atoms with van der Waals surface area (Å²) in [7, 11) is 0. The third-order valence-corrected chi connectivity index (χ3v) is 6.31. The van der Waals surface area contributed by atoms with Gasteiger partial charge in [-0.3, -0.25) is 0 Å². The first-order chi connectivity index (χ1) is 9.73. The van der Waals surface area contributed by atoms with E-state index in [1.54, 1.807) is 0 Å². The van der Waals surface area contributed by atoms with E-state index in [2.05, 4.69) is 46.8 Å². The SMILES string of the molecule is C/C1=C\C[C@H]2CC[C@](C)(O)[C@H](CC/C(C)=C/CC1)C2(C)C. The molecule has 0 aliphatic heterocycles. The lowest BCUT2D eigenvalue weighted by Gasteiger charge is -2.53. The lowest BCUT2D eigenvalue weighted by atomic mass is 9.54. The predicted molar refractivity (Wildman–Crippen MR) is 91.2 cm³/mol. The van der Waals surface area contributed by atoms with Gasteiger partial charge in [-0.1, -0.05) is 37.1 Å². The van der Waals surface area contributed by atoms with Gasteiger partial charge in [-0.05, 0) is 83.0 Å². The number of aliphatic hydroxyl groups is 1. The Kier molecular flexibility index (Phi) is 5.03. The van der Waals surface area contributed by atoms with E-state index in [4.69, 9.17) is 0 Å². The van der Waals surface area contributed by atoms with Gasteiger partial charge in [0.15, 0.2) is 0 Å². The van der Waals surface area contributed by atoms with Crippen LogP contribution in [0.4, 0.5) is 0 Å². The first-order valence-corrected chi connectivity index (χ1v) is 8.77. The fraction of sp³-hybridized carbons (Fsp3) is 0.800. The Balaban J connectivity index is 2.30. The molecular weight excluding hydrogens is 256 g/mol. The third kappa shape index (κ3) is 3.80. The molecule has 1 nitrogen and oxygen atoms in total. The first-order valence-electron chi connectivity index (χ1n) is 8.77. The Morgan fingerprint density at radius 1 is 1.00 bits per heavy atom. The van der Waals surface area contributed by atoms with E-state index in [1.165, 1.54) is 30.4 Å². The predicted octanol–water partition coefficient (Wildman–Crippen LogP) is 5.65. The monoisotopic (exact) mass is 290 g/mol. The molecule has 0 spiro atoms. The van der Waals surface area contributed by atoms with Crippen molar-refractivity contribution in [3.8, 4) is 0 Å². The van der Waals surface area contributed by atoms with Crippen molar-refractivity contribution in [2.45, 2.75) is 85.2 Å². The van der Waals surface area contributed by atoms with Crippen LogP contribution in [0.5, 0.6) is 0 Å².